The van der Waals surface area contributed by atoms with E-state index in [4.69, 9.17) is 9.47 Å². The van der Waals surface area contributed by atoms with Crippen molar-refractivity contribution in [2.75, 3.05) is 13.2 Å². The normalized spacial score (nSPS) is 15.8. The van der Waals surface area contributed by atoms with Gasteiger partial charge < -0.3 is 19.9 Å². The summed E-state index contributed by atoms with van der Waals surface area (Å²) in [7, 11) is 0. The van der Waals surface area contributed by atoms with Gasteiger partial charge in [-0.2, -0.15) is 0 Å². The molecule has 3 aromatic rings. The smallest absolute Gasteiger partial charge is 0.342 e. The van der Waals surface area contributed by atoms with Crippen molar-refractivity contribution in [3.63, 3.8) is 0 Å². The Morgan fingerprint density at radius 2 is 1.68 bits per heavy atom. The van der Waals surface area contributed by atoms with Crippen molar-refractivity contribution >= 4 is 28.7 Å². The molecule has 8 nitrogen and oxygen atoms in total. The number of β-amino-alcohol motifs (C(OH)–C–C–N with tert-alkyl or cyclic N) is 1. The van der Waals surface area contributed by atoms with Crippen LogP contribution in [0.5, 0.6) is 5.75 Å². The van der Waals surface area contributed by atoms with E-state index < -0.39 is 29.6 Å². The molecular formula is C26H26N2O6. The number of rotatable bonds is 8. The molecule has 1 saturated heterocycles. The fourth-order valence-electron chi connectivity index (χ4n) is 3.73. The number of ether oxygens (including phenoxy) is 2. The number of nitrogens with one attached hydrogen (secondary N) is 1. The molecule has 0 bridgehead atoms. The number of aliphatic hydroxyl groups excluding tert-OH is 1. The quantitative estimate of drug-likeness (QED) is 0.393. The van der Waals surface area contributed by atoms with Gasteiger partial charge in [0.05, 0.1) is 6.54 Å². The van der Waals surface area contributed by atoms with Crippen LogP contribution in [-0.4, -0.2) is 52.7 Å². The minimum atomic E-state index is -1.23. The van der Waals surface area contributed by atoms with Crippen LogP contribution in [0.25, 0.3) is 10.8 Å². The monoisotopic (exact) mass is 462 g/mol. The largest absolute Gasteiger partial charge is 0.488 e. The van der Waals surface area contributed by atoms with Crippen LogP contribution in [0.4, 0.5) is 4.79 Å². The van der Waals surface area contributed by atoms with Crippen molar-refractivity contribution in [2.24, 2.45) is 0 Å². The third-order valence-electron chi connectivity index (χ3n) is 5.55. The van der Waals surface area contributed by atoms with E-state index in [-0.39, 0.29) is 25.3 Å². The van der Waals surface area contributed by atoms with Crippen LogP contribution in [0.15, 0.2) is 66.7 Å². The molecule has 3 aromatic carbocycles. The number of nitrogens with zero attached hydrogens (tertiary/aromatic N) is 1. The van der Waals surface area contributed by atoms with Crippen molar-refractivity contribution in [1.82, 2.24) is 10.2 Å². The Kier molecular flexibility index (Phi) is 6.51. The molecule has 0 radical (unpaired) electrons. The average Bonchev–Trinajstić information content (AvgIpc) is 3.02. The fourth-order valence-corrected chi connectivity index (χ4v) is 3.73. The van der Waals surface area contributed by atoms with Gasteiger partial charge in [0.15, 0.2) is 0 Å². The Hall–Kier alpha value is -3.91. The van der Waals surface area contributed by atoms with Crippen LogP contribution in [0.3, 0.4) is 0 Å². The fraction of sp³-hybridized carbons (Fsp3) is 0.269. The summed E-state index contributed by atoms with van der Waals surface area (Å²) in [6.45, 7) is 2.76. The van der Waals surface area contributed by atoms with E-state index in [1.807, 2.05) is 54.6 Å². The van der Waals surface area contributed by atoms with Crippen molar-refractivity contribution < 1.29 is 29.0 Å². The van der Waals surface area contributed by atoms with Gasteiger partial charge in [0.2, 0.25) is 0 Å². The van der Waals surface area contributed by atoms with Gasteiger partial charge in [-0.15, -0.1) is 0 Å². The van der Waals surface area contributed by atoms with Crippen LogP contribution < -0.4 is 10.1 Å². The Labute approximate surface area is 197 Å². The summed E-state index contributed by atoms with van der Waals surface area (Å²) >= 11 is 0. The number of imide groups is 1. The first kappa shape index (κ1) is 23.3. The van der Waals surface area contributed by atoms with E-state index in [1.54, 1.807) is 26.0 Å². The zero-order valence-corrected chi connectivity index (χ0v) is 19.0. The standard InChI is InChI=1S/C26H26N2O6/c1-26(2)24(31)28(25(32)27-26)14-20(29)16-34-23(30)21-12-18-10-6-7-11-19(18)13-22(21)33-15-17-8-4-3-5-9-17/h3-13,20,29H,14-16H2,1-2H3,(H,27,32). The van der Waals surface area contributed by atoms with E-state index in [2.05, 4.69) is 5.32 Å². The number of fused-ring (bicyclic) bond motifs is 1. The highest BCUT2D eigenvalue weighted by Crippen LogP contribution is 2.28. The number of urea groups is 1. The lowest BCUT2D eigenvalue weighted by molar-refractivity contribution is -0.131. The van der Waals surface area contributed by atoms with Gasteiger partial charge in [-0.25, -0.2) is 9.59 Å². The minimum absolute atomic E-state index is 0.220. The summed E-state index contributed by atoms with van der Waals surface area (Å²) in [4.78, 5) is 38.2. The molecule has 1 unspecified atom stereocenters. The van der Waals surface area contributed by atoms with E-state index in [1.165, 1.54) is 0 Å². The van der Waals surface area contributed by atoms with Gasteiger partial charge in [0.1, 0.15) is 36.2 Å². The summed E-state index contributed by atoms with van der Waals surface area (Å²) in [5.41, 5.74) is 0.128. The molecule has 1 heterocycles. The maximum Gasteiger partial charge on any atom is 0.342 e. The number of aliphatic hydroxyl groups is 1. The lowest BCUT2D eigenvalue weighted by Crippen LogP contribution is -2.42. The SMILES string of the molecule is CC1(C)NC(=O)N(CC(O)COC(=O)c2cc3ccccc3cc2OCc2ccccc2)C1=O. The summed E-state index contributed by atoms with van der Waals surface area (Å²) in [6, 6.07) is 20.0. The first-order chi connectivity index (χ1) is 16.2. The molecular weight excluding hydrogens is 436 g/mol. The molecule has 1 fully saturated rings. The van der Waals surface area contributed by atoms with Crippen LogP contribution in [0, 0.1) is 0 Å². The number of esters is 1. The van der Waals surface area contributed by atoms with Crippen LogP contribution in [-0.2, 0) is 16.1 Å². The summed E-state index contributed by atoms with van der Waals surface area (Å²) in [6.07, 6.45) is -1.23. The van der Waals surface area contributed by atoms with Crippen molar-refractivity contribution in [3.05, 3.63) is 77.9 Å². The van der Waals surface area contributed by atoms with Crippen molar-refractivity contribution in [3.8, 4) is 5.75 Å². The van der Waals surface area contributed by atoms with Gasteiger partial charge in [0, 0.05) is 0 Å². The molecule has 176 valence electrons. The van der Waals surface area contributed by atoms with Crippen LogP contribution in [0.2, 0.25) is 0 Å². The Bertz CT molecular complexity index is 1220. The number of amides is 3. The second kappa shape index (κ2) is 9.52. The average molecular weight is 463 g/mol. The van der Waals surface area contributed by atoms with Crippen LogP contribution in [0.1, 0.15) is 29.8 Å². The van der Waals surface area contributed by atoms with E-state index in [0.717, 1.165) is 21.2 Å². The number of hydrogen-bond donors (Lipinski definition) is 2. The first-order valence-corrected chi connectivity index (χ1v) is 10.9. The Morgan fingerprint density at radius 3 is 2.32 bits per heavy atom. The maximum atomic E-state index is 12.9. The highest BCUT2D eigenvalue weighted by atomic mass is 16.5. The topological polar surface area (TPSA) is 105 Å². The van der Waals surface area contributed by atoms with Gasteiger partial charge in [0.25, 0.3) is 5.91 Å². The minimum Gasteiger partial charge on any atom is -0.488 e. The van der Waals surface area contributed by atoms with Gasteiger partial charge in [-0.1, -0.05) is 54.6 Å². The van der Waals surface area contributed by atoms with Crippen molar-refractivity contribution in [1.29, 1.82) is 0 Å². The predicted molar refractivity (Wildman–Crippen MR) is 125 cm³/mol. The maximum absolute atomic E-state index is 12.9. The highest BCUT2D eigenvalue weighted by Gasteiger charge is 2.44. The third-order valence-corrected chi connectivity index (χ3v) is 5.55. The lowest BCUT2D eigenvalue weighted by atomic mass is 10.1. The van der Waals surface area contributed by atoms with E-state index in [0.29, 0.717) is 5.75 Å². The van der Waals surface area contributed by atoms with Crippen molar-refractivity contribution in [2.45, 2.75) is 32.1 Å². The molecule has 4 rings (SSSR count). The lowest BCUT2D eigenvalue weighted by Gasteiger charge is -2.19. The van der Waals surface area contributed by atoms with E-state index >= 15 is 0 Å². The number of carbonyl (C=O) groups is 3. The third kappa shape index (κ3) is 5.02. The zero-order chi connectivity index (χ0) is 24.3. The van der Waals surface area contributed by atoms with Crippen LogP contribution >= 0.6 is 0 Å². The van der Waals surface area contributed by atoms with Gasteiger partial charge in [-0.3, -0.25) is 9.69 Å². The predicted octanol–water partition coefficient (Wildman–Crippen LogP) is 3.27. The first-order valence-electron chi connectivity index (χ1n) is 10.9. The molecule has 0 aromatic heterocycles. The van der Waals surface area contributed by atoms with Gasteiger partial charge >= 0.3 is 12.0 Å². The van der Waals surface area contributed by atoms with E-state index in [9.17, 15) is 19.5 Å². The molecule has 2 N–H and O–H groups in total. The molecule has 3 amide bonds. The molecule has 1 aliphatic rings. The summed E-state index contributed by atoms with van der Waals surface area (Å²) < 4.78 is 11.3. The molecule has 8 heteroatoms. The highest BCUT2D eigenvalue weighted by molar-refractivity contribution is 6.06. The zero-order valence-electron chi connectivity index (χ0n) is 19.0. The molecule has 34 heavy (non-hydrogen) atoms. The number of hydrogen-bond acceptors (Lipinski definition) is 6. The second-order valence-corrected chi connectivity index (χ2v) is 8.69. The molecule has 0 spiro atoms. The molecule has 1 aliphatic heterocycles. The second-order valence-electron chi connectivity index (χ2n) is 8.69. The molecule has 0 saturated carbocycles. The number of benzene rings is 3. The Morgan fingerprint density at radius 1 is 1.03 bits per heavy atom. The summed E-state index contributed by atoms with van der Waals surface area (Å²) in [5.74, 6) is -0.766. The molecule has 1 atom stereocenters. The summed E-state index contributed by atoms with van der Waals surface area (Å²) in [5, 5.41) is 14.6. The Balaban J connectivity index is 1.46. The van der Waals surface area contributed by atoms with Gasteiger partial charge in [-0.05, 0) is 42.3 Å². The number of carbonyl (C=O) groups excluding carboxylic acids is 3. The molecule has 0 aliphatic carbocycles.